The van der Waals surface area contributed by atoms with E-state index in [0.717, 1.165) is 24.1 Å². The van der Waals surface area contributed by atoms with Crippen LogP contribution in [0.2, 0.25) is 0 Å². The van der Waals surface area contributed by atoms with E-state index in [0.29, 0.717) is 0 Å². The minimum atomic E-state index is -0.0508. The molecule has 0 N–H and O–H groups in total. The first kappa shape index (κ1) is 10.4. The molecule has 0 fully saturated rings. The van der Waals surface area contributed by atoms with Crippen LogP contribution in [0.1, 0.15) is 40.0 Å². The normalized spacial score (nSPS) is 11.6. The van der Waals surface area contributed by atoms with Crippen molar-refractivity contribution in [3.05, 3.63) is 0 Å². The number of halogens is 1. The summed E-state index contributed by atoms with van der Waals surface area (Å²) in [4.78, 5) is 1.03. The maximum atomic E-state index is 5.97. The topological polar surface area (TPSA) is 0 Å². The predicted octanol–water partition coefficient (Wildman–Crippen LogP) is 3.56. The fraction of sp³-hybridized carbons (Fsp3) is 0.875. The minimum absolute atomic E-state index is 0.0508. The summed E-state index contributed by atoms with van der Waals surface area (Å²) in [5.74, 6) is 0. The molecule has 0 amide bonds. The van der Waals surface area contributed by atoms with Gasteiger partial charge in [0.2, 0.25) is 0 Å². The third kappa shape index (κ3) is 8.38. The standard InChI is InChI=1S/C8H15ClS/c1-7(10)5-4-6-8(2,3)9/h4-6H2,1-3H3. The number of rotatable bonds is 4. The maximum absolute atomic E-state index is 5.97. The highest BCUT2D eigenvalue weighted by Crippen LogP contribution is 2.20. The molecule has 10 heavy (non-hydrogen) atoms. The molecule has 0 radical (unpaired) electrons. The zero-order valence-corrected chi connectivity index (χ0v) is 8.48. The molecule has 2 heteroatoms. The van der Waals surface area contributed by atoms with E-state index in [4.69, 9.17) is 23.8 Å². The highest BCUT2D eigenvalue weighted by Gasteiger charge is 2.11. The Kier molecular flexibility index (Phi) is 4.46. The van der Waals surface area contributed by atoms with Gasteiger partial charge >= 0.3 is 0 Å². The monoisotopic (exact) mass is 178 g/mol. The number of thiocarbonyl (C=S) groups is 1. The summed E-state index contributed by atoms with van der Waals surface area (Å²) in [6.07, 6.45) is 3.19. The molecule has 0 aromatic rings. The van der Waals surface area contributed by atoms with Crippen LogP contribution in [0, 0.1) is 0 Å². The van der Waals surface area contributed by atoms with Crippen molar-refractivity contribution in [2.75, 3.05) is 0 Å². The maximum Gasteiger partial charge on any atom is 0.0390 e. The van der Waals surface area contributed by atoms with Crippen LogP contribution in [0.5, 0.6) is 0 Å². The van der Waals surface area contributed by atoms with Gasteiger partial charge in [0, 0.05) is 4.87 Å². The SMILES string of the molecule is CC(=S)CCCC(C)(C)Cl. The van der Waals surface area contributed by atoms with Gasteiger partial charge in [-0.1, -0.05) is 12.2 Å². The van der Waals surface area contributed by atoms with E-state index in [1.807, 2.05) is 20.8 Å². The lowest BCUT2D eigenvalue weighted by Crippen LogP contribution is -2.09. The van der Waals surface area contributed by atoms with E-state index >= 15 is 0 Å². The second kappa shape index (κ2) is 4.30. The van der Waals surface area contributed by atoms with Crippen molar-refractivity contribution in [1.82, 2.24) is 0 Å². The van der Waals surface area contributed by atoms with Crippen molar-refractivity contribution in [2.24, 2.45) is 0 Å². The van der Waals surface area contributed by atoms with Crippen LogP contribution >= 0.6 is 23.8 Å². The fourth-order valence-corrected chi connectivity index (χ4v) is 1.04. The zero-order chi connectivity index (χ0) is 8.20. The van der Waals surface area contributed by atoms with Gasteiger partial charge in [0.25, 0.3) is 0 Å². The highest BCUT2D eigenvalue weighted by molar-refractivity contribution is 7.80. The molecular weight excluding hydrogens is 164 g/mol. The lowest BCUT2D eigenvalue weighted by molar-refractivity contribution is 0.603. The highest BCUT2D eigenvalue weighted by atomic mass is 35.5. The predicted molar refractivity (Wildman–Crippen MR) is 52.1 cm³/mol. The Hall–Kier alpha value is 0.380. The summed E-state index contributed by atoms with van der Waals surface area (Å²) < 4.78 is 0. The summed E-state index contributed by atoms with van der Waals surface area (Å²) in [7, 11) is 0. The number of hydrogen-bond acceptors (Lipinski definition) is 1. The first-order chi connectivity index (χ1) is 4.42. The van der Waals surface area contributed by atoms with E-state index in [1.54, 1.807) is 0 Å². The molecule has 0 atom stereocenters. The summed E-state index contributed by atoms with van der Waals surface area (Å²) in [6, 6.07) is 0. The molecular formula is C8H15ClS. The second-order valence-electron chi connectivity index (χ2n) is 3.27. The first-order valence-electron chi connectivity index (χ1n) is 3.60. The van der Waals surface area contributed by atoms with Crippen LogP contribution in [0.15, 0.2) is 0 Å². The minimum Gasteiger partial charge on any atom is -0.120 e. The molecule has 0 rings (SSSR count). The third-order valence-electron chi connectivity index (χ3n) is 1.30. The summed E-state index contributed by atoms with van der Waals surface area (Å²) >= 11 is 10.9. The Morgan fingerprint density at radius 1 is 1.50 bits per heavy atom. The summed E-state index contributed by atoms with van der Waals surface area (Å²) in [5.41, 5.74) is 0. The lowest BCUT2D eigenvalue weighted by atomic mass is 10.1. The quantitative estimate of drug-likeness (QED) is 0.469. The van der Waals surface area contributed by atoms with Gasteiger partial charge in [-0.25, -0.2) is 0 Å². The zero-order valence-electron chi connectivity index (χ0n) is 6.91. The van der Waals surface area contributed by atoms with E-state index in [9.17, 15) is 0 Å². The van der Waals surface area contributed by atoms with Crippen LogP contribution < -0.4 is 0 Å². The molecule has 0 aliphatic heterocycles. The van der Waals surface area contributed by atoms with Gasteiger partial charge < -0.3 is 0 Å². The van der Waals surface area contributed by atoms with E-state index in [-0.39, 0.29) is 4.87 Å². The average molecular weight is 179 g/mol. The smallest absolute Gasteiger partial charge is 0.0390 e. The van der Waals surface area contributed by atoms with Crippen LogP contribution in [0.4, 0.5) is 0 Å². The lowest BCUT2D eigenvalue weighted by Gasteiger charge is -2.14. The van der Waals surface area contributed by atoms with Crippen LogP contribution in [0.25, 0.3) is 0 Å². The molecule has 0 spiro atoms. The average Bonchev–Trinajstić information content (AvgIpc) is 1.59. The molecule has 0 saturated heterocycles. The Bertz CT molecular complexity index is 113. The molecule has 0 aromatic carbocycles. The number of hydrogen-bond donors (Lipinski definition) is 0. The third-order valence-corrected chi connectivity index (χ3v) is 1.69. The van der Waals surface area contributed by atoms with Gasteiger partial charge in [-0.2, -0.15) is 0 Å². The molecule has 0 aliphatic rings. The molecule has 0 heterocycles. The largest absolute Gasteiger partial charge is 0.120 e. The van der Waals surface area contributed by atoms with Crippen molar-refractivity contribution in [3.8, 4) is 0 Å². The Labute approximate surface area is 74.0 Å². The van der Waals surface area contributed by atoms with Crippen molar-refractivity contribution < 1.29 is 0 Å². The molecule has 0 aromatic heterocycles. The molecule has 0 nitrogen and oxygen atoms in total. The van der Waals surface area contributed by atoms with E-state index in [2.05, 4.69) is 0 Å². The Morgan fingerprint density at radius 3 is 2.30 bits per heavy atom. The summed E-state index contributed by atoms with van der Waals surface area (Å²) in [5, 5.41) is 0. The second-order valence-corrected chi connectivity index (χ2v) is 4.99. The number of alkyl halides is 1. The van der Waals surface area contributed by atoms with Crippen LogP contribution in [-0.4, -0.2) is 9.74 Å². The van der Waals surface area contributed by atoms with Gasteiger partial charge in [-0.15, -0.1) is 11.6 Å². The van der Waals surface area contributed by atoms with Crippen molar-refractivity contribution >= 4 is 28.7 Å². The van der Waals surface area contributed by atoms with Crippen LogP contribution in [0.3, 0.4) is 0 Å². The van der Waals surface area contributed by atoms with Gasteiger partial charge in [0.1, 0.15) is 0 Å². The fourth-order valence-electron chi connectivity index (χ4n) is 0.758. The van der Waals surface area contributed by atoms with E-state index < -0.39 is 0 Å². The van der Waals surface area contributed by atoms with Crippen LogP contribution in [-0.2, 0) is 0 Å². The van der Waals surface area contributed by atoms with E-state index in [1.165, 1.54) is 0 Å². The molecule has 0 saturated carbocycles. The first-order valence-corrected chi connectivity index (χ1v) is 4.39. The van der Waals surface area contributed by atoms with Crippen molar-refractivity contribution in [2.45, 2.75) is 44.9 Å². The molecule has 0 bridgehead atoms. The van der Waals surface area contributed by atoms with Crippen molar-refractivity contribution in [3.63, 3.8) is 0 Å². The Morgan fingerprint density at radius 2 is 2.00 bits per heavy atom. The van der Waals surface area contributed by atoms with Gasteiger partial charge in [-0.3, -0.25) is 0 Å². The van der Waals surface area contributed by atoms with Crippen molar-refractivity contribution in [1.29, 1.82) is 0 Å². The molecule has 60 valence electrons. The Balaban J connectivity index is 3.29. The van der Waals surface area contributed by atoms with Gasteiger partial charge in [-0.05, 0) is 44.9 Å². The molecule has 0 aliphatic carbocycles. The summed E-state index contributed by atoms with van der Waals surface area (Å²) in [6.45, 7) is 6.05. The van der Waals surface area contributed by atoms with Gasteiger partial charge in [0.05, 0.1) is 0 Å². The molecule has 0 unspecified atom stereocenters. The van der Waals surface area contributed by atoms with Gasteiger partial charge in [0.15, 0.2) is 0 Å².